The third-order valence-electron chi connectivity index (χ3n) is 3.14. The minimum Gasteiger partial charge on any atom is -0.497 e. The third kappa shape index (κ3) is 3.53. The van der Waals surface area contributed by atoms with Gasteiger partial charge < -0.3 is 10.5 Å². The standard InChI is InChI=1S/C15H18N2O3S/c1-11(12-6-4-3-5-7-12)17-21(18,19)15-9-8-13(20-2)10-14(15)16/h3-11,17H,16H2,1-2H3/t11-/m0/s1. The molecule has 6 heteroatoms. The Kier molecular flexibility index (Phi) is 4.50. The summed E-state index contributed by atoms with van der Waals surface area (Å²) in [5.74, 6) is 0.516. The van der Waals surface area contributed by atoms with Gasteiger partial charge in [0.1, 0.15) is 10.6 Å². The van der Waals surface area contributed by atoms with Crippen LogP contribution in [0.2, 0.25) is 0 Å². The van der Waals surface area contributed by atoms with E-state index in [1.54, 1.807) is 13.0 Å². The smallest absolute Gasteiger partial charge is 0.243 e. The van der Waals surface area contributed by atoms with E-state index in [9.17, 15) is 8.42 Å². The van der Waals surface area contributed by atoms with Crippen LogP contribution in [0.3, 0.4) is 0 Å². The molecule has 1 atom stereocenters. The van der Waals surface area contributed by atoms with Crippen LogP contribution >= 0.6 is 0 Å². The van der Waals surface area contributed by atoms with Gasteiger partial charge in [0.05, 0.1) is 12.8 Å². The van der Waals surface area contributed by atoms with Gasteiger partial charge >= 0.3 is 0 Å². The highest BCUT2D eigenvalue weighted by Crippen LogP contribution is 2.25. The number of hydrogen-bond acceptors (Lipinski definition) is 4. The topological polar surface area (TPSA) is 81.4 Å². The Labute approximate surface area is 124 Å². The van der Waals surface area contributed by atoms with E-state index < -0.39 is 10.0 Å². The lowest BCUT2D eigenvalue weighted by atomic mass is 10.1. The van der Waals surface area contributed by atoms with Gasteiger partial charge in [-0.1, -0.05) is 30.3 Å². The van der Waals surface area contributed by atoms with Gasteiger partial charge in [0.2, 0.25) is 10.0 Å². The van der Waals surface area contributed by atoms with Crippen molar-refractivity contribution in [3.63, 3.8) is 0 Å². The predicted molar refractivity (Wildman–Crippen MR) is 82.6 cm³/mol. The molecule has 0 bridgehead atoms. The molecule has 2 aromatic carbocycles. The highest BCUT2D eigenvalue weighted by Gasteiger charge is 2.21. The SMILES string of the molecule is COc1ccc(S(=O)(=O)N[C@@H](C)c2ccccc2)c(N)c1. The predicted octanol–water partition coefficient (Wildman–Crippen LogP) is 2.32. The Hall–Kier alpha value is -2.05. The normalized spacial score (nSPS) is 12.9. The van der Waals surface area contributed by atoms with E-state index in [0.717, 1.165) is 5.56 Å². The van der Waals surface area contributed by atoms with Crippen LogP contribution in [-0.2, 0) is 10.0 Å². The number of anilines is 1. The van der Waals surface area contributed by atoms with E-state index >= 15 is 0 Å². The Morgan fingerprint density at radius 3 is 2.38 bits per heavy atom. The van der Waals surface area contributed by atoms with E-state index in [4.69, 9.17) is 10.5 Å². The Balaban J connectivity index is 2.26. The second-order valence-corrected chi connectivity index (χ2v) is 6.34. The van der Waals surface area contributed by atoms with Crippen molar-refractivity contribution in [3.8, 4) is 5.75 Å². The highest BCUT2D eigenvalue weighted by molar-refractivity contribution is 7.89. The molecular weight excluding hydrogens is 288 g/mol. The monoisotopic (exact) mass is 306 g/mol. The van der Waals surface area contributed by atoms with Crippen molar-refractivity contribution >= 4 is 15.7 Å². The van der Waals surface area contributed by atoms with Crippen molar-refractivity contribution in [1.29, 1.82) is 0 Å². The summed E-state index contributed by atoms with van der Waals surface area (Å²) in [7, 11) is -2.20. The average molecular weight is 306 g/mol. The number of ether oxygens (including phenoxy) is 1. The van der Waals surface area contributed by atoms with Crippen molar-refractivity contribution in [2.24, 2.45) is 0 Å². The number of nitrogens with one attached hydrogen (secondary N) is 1. The molecule has 0 aliphatic rings. The average Bonchev–Trinajstić information content (AvgIpc) is 2.47. The Morgan fingerprint density at radius 2 is 1.81 bits per heavy atom. The van der Waals surface area contributed by atoms with E-state index in [2.05, 4.69) is 4.72 Å². The lowest BCUT2D eigenvalue weighted by Gasteiger charge is -2.16. The first kappa shape index (κ1) is 15.3. The lowest BCUT2D eigenvalue weighted by Crippen LogP contribution is -2.27. The van der Waals surface area contributed by atoms with E-state index in [-0.39, 0.29) is 16.6 Å². The summed E-state index contributed by atoms with van der Waals surface area (Å²) < 4.78 is 32.4. The number of methoxy groups -OCH3 is 1. The first-order valence-corrected chi connectivity index (χ1v) is 7.93. The molecule has 0 aliphatic heterocycles. The van der Waals surface area contributed by atoms with Crippen molar-refractivity contribution in [1.82, 2.24) is 4.72 Å². The molecule has 0 aromatic heterocycles. The van der Waals surface area contributed by atoms with Gasteiger partial charge in [-0.05, 0) is 24.6 Å². The molecule has 0 fully saturated rings. The van der Waals surface area contributed by atoms with E-state index in [0.29, 0.717) is 5.75 Å². The zero-order chi connectivity index (χ0) is 15.5. The summed E-state index contributed by atoms with van der Waals surface area (Å²) in [4.78, 5) is 0.0473. The van der Waals surface area contributed by atoms with Crippen LogP contribution in [0.5, 0.6) is 5.75 Å². The maximum absolute atomic E-state index is 12.4. The van der Waals surface area contributed by atoms with Crippen LogP contribution in [-0.4, -0.2) is 15.5 Å². The largest absolute Gasteiger partial charge is 0.497 e. The molecule has 2 rings (SSSR count). The second-order valence-electron chi connectivity index (χ2n) is 4.66. The first-order chi connectivity index (χ1) is 9.94. The molecule has 0 saturated carbocycles. The maximum Gasteiger partial charge on any atom is 0.243 e. The number of nitrogen functional groups attached to an aromatic ring is 1. The fraction of sp³-hybridized carbons (Fsp3) is 0.200. The molecule has 2 aromatic rings. The summed E-state index contributed by atoms with van der Waals surface area (Å²) in [6, 6.07) is 13.5. The van der Waals surface area contributed by atoms with Crippen LogP contribution in [0.4, 0.5) is 5.69 Å². The minimum absolute atomic E-state index is 0.0473. The molecule has 0 amide bonds. The molecule has 0 aliphatic carbocycles. The number of nitrogens with two attached hydrogens (primary N) is 1. The van der Waals surface area contributed by atoms with Crippen molar-refractivity contribution < 1.29 is 13.2 Å². The van der Waals surface area contributed by atoms with Gasteiger partial charge in [-0.3, -0.25) is 0 Å². The molecule has 21 heavy (non-hydrogen) atoms. The maximum atomic E-state index is 12.4. The van der Waals surface area contributed by atoms with Crippen molar-refractivity contribution in [2.75, 3.05) is 12.8 Å². The molecular formula is C15H18N2O3S. The van der Waals surface area contributed by atoms with Crippen LogP contribution in [0.25, 0.3) is 0 Å². The summed E-state index contributed by atoms with van der Waals surface area (Å²) >= 11 is 0. The summed E-state index contributed by atoms with van der Waals surface area (Å²) in [6.45, 7) is 1.78. The van der Waals surface area contributed by atoms with Gasteiger partial charge in [0.15, 0.2) is 0 Å². The quantitative estimate of drug-likeness (QED) is 0.831. The van der Waals surface area contributed by atoms with Crippen molar-refractivity contribution in [3.05, 3.63) is 54.1 Å². The Bertz CT molecular complexity index is 715. The van der Waals surface area contributed by atoms with Gasteiger partial charge in [-0.2, -0.15) is 0 Å². The summed E-state index contributed by atoms with van der Waals surface area (Å²) in [5.41, 5.74) is 6.84. The van der Waals surface area contributed by atoms with Crippen molar-refractivity contribution in [2.45, 2.75) is 17.9 Å². The van der Waals surface area contributed by atoms with E-state index in [1.807, 2.05) is 30.3 Å². The Morgan fingerprint density at radius 1 is 1.14 bits per heavy atom. The molecule has 3 N–H and O–H groups in total. The first-order valence-electron chi connectivity index (χ1n) is 6.45. The number of sulfonamides is 1. The molecule has 5 nitrogen and oxygen atoms in total. The van der Waals surface area contributed by atoms with Crippen LogP contribution < -0.4 is 15.2 Å². The van der Waals surface area contributed by atoms with Crippen LogP contribution in [0, 0.1) is 0 Å². The third-order valence-corrected chi connectivity index (χ3v) is 4.75. The lowest BCUT2D eigenvalue weighted by molar-refractivity contribution is 0.414. The summed E-state index contributed by atoms with van der Waals surface area (Å²) in [6.07, 6.45) is 0. The number of rotatable bonds is 5. The molecule has 0 unspecified atom stereocenters. The second kappa shape index (κ2) is 6.15. The van der Waals surface area contributed by atoms with Gasteiger partial charge in [0, 0.05) is 12.1 Å². The zero-order valence-corrected chi connectivity index (χ0v) is 12.7. The summed E-state index contributed by atoms with van der Waals surface area (Å²) in [5, 5.41) is 0. The fourth-order valence-corrected chi connectivity index (χ4v) is 3.35. The van der Waals surface area contributed by atoms with Gasteiger partial charge in [0.25, 0.3) is 0 Å². The van der Waals surface area contributed by atoms with Crippen LogP contribution in [0.15, 0.2) is 53.4 Å². The number of benzene rings is 2. The van der Waals surface area contributed by atoms with Gasteiger partial charge in [-0.25, -0.2) is 13.1 Å². The molecule has 0 radical (unpaired) electrons. The van der Waals surface area contributed by atoms with Crippen LogP contribution in [0.1, 0.15) is 18.5 Å². The highest BCUT2D eigenvalue weighted by atomic mass is 32.2. The zero-order valence-electron chi connectivity index (χ0n) is 11.9. The van der Waals surface area contributed by atoms with Gasteiger partial charge in [-0.15, -0.1) is 0 Å². The molecule has 0 spiro atoms. The fourth-order valence-electron chi connectivity index (χ4n) is 2.00. The molecule has 0 saturated heterocycles. The van der Waals surface area contributed by atoms with E-state index in [1.165, 1.54) is 19.2 Å². The minimum atomic E-state index is -3.69. The molecule has 112 valence electrons. The molecule has 0 heterocycles. The number of hydrogen-bond donors (Lipinski definition) is 2.